The molecule has 0 atom stereocenters. The summed E-state index contributed by atoms with van der Waals surface area (Å²) >= 11 is 3.37. The smallest absolute Gasteiger partial charge is 0.248 e. The summed E-state index contributed by atoms with van der Waals surface area (Å²) in [6, 6.07) is 13.0. The minimum absolute atomic E-state index is 0.191. The molecule has 0 saturated heterocycles. The summed E-state index contributed by atoms with van der Waals surface area (Å²) in [5.41, 5.74) is 1.61. The van der Waals surface area contributed by atoms with Gasteiger partial charge in [-0.05, 0) is 60.4 Å². The third-order valence-corrected chi connectivity index (χ3v) is 4.21. The largest absolute Gasteiger partial charge is 0.493 e. The molecule has 2 aromatic rings. The Labute approximate surface area is 163 Å². The molecule has 2 rings (SSSR count). The number of hydrogen-bond donors (Lipinski definition) is 1. The molecule has 2 aromatic carbocycles. The predicted octanol–water partition coefficient (Wildman–Crippen LogP) is 5.53. The first-order valence-electron chi connectivity index (χ1n) is 8.53. The van der Waals surface area contributed by atoms with Crippen LogP contribution in [-0.2, 0) is 4.79 Å². The molecule has 0 aliphatic carbocycles. The van der Waals surface area contributed by atoms with E-state index in [9.17, 15) is 4.79 Å². The van der Waals surface area contributed by atoms with Gasteiger partial charge in [-0.1, -0.05) is 35.8 Å². The van der Waals surface area contributed by atoms with Crippen molar-refractivity contribution in [2.24, 2.45) is 5.92 Å². The van der Waals surface area contributed by atoms with E-state index in [1.807, 2.05) is 42.5 Å². The monoisotopic (exact) mass is 417 g/mol. The molecule has 0 saturated carbocycles. The second-order valence-electron chi connectivity index (χ2n) is 6.27. The molecular formula is C21H24BrNO3. The zero-order chi connectivity index (χ0) is 18.9. The molecule has 0 bridgehead atoms. The number of halogens is 1. The van der Waals surface area contributed by atoms with Gasteiger partial charge in [0.2, 0.25) is 5.91 Å². The number of ether oxygens (including phenoxy) is 2. The van der Waals surface area contributed by atoms with Crippen molar-refractivity contribution in [3.63, 3.8) is 0 Å². The minimum Gasteiger partial charge on any atom is -0.493 e. The third-order valence-electron chi connectivity index (χ3n) is 3.68. The number of carbonyl (C=O) groups excluding carboxylic acids is 1. The average molecular weight is 418 g/mol. The molecular weight excluding hydrogens is 394 g/mol. The summed E-state index contributed by atoms with van der Waals surface area (Å²) < 4.78 is 12.1. The maximum atomic E-state index is 12.0. The molecule has 5 heteroatoms. The van der Waals surface area contributed by atoms with Gasteiger partial charge in [-0.3, -0.25) is 4.79 Å². The standard InChI is InChI=1S/C21H24BrNO3/c1-15(2)12-13-26-19-10-4-16(14-20(19)25-3)5-11-21(24)23-18-8-6-17(22)7-9-18/h4-11,14-15H,12-13H2,1-3H3,(H,23,24). The summed E-state index contributed by atoms with van der Waals surface area (Å²) in [7, 11) is 1.61. The van der Waals surface area contributed by atoms with Crippen LogP contribution < -0.4 is 14.8 Å². The maximum Gasteiger partial charge on any atom is 0.248 e. The molecule has 138 valence electrons. The van der Waals surface area contributed by atoms with E-state index in [0.29, 0.717) is 24.0 Å². The molecule has 0 aliphatic heterocycles. The van der Waals surface area contributed by atoms with Crippen LogP contribution in [0.25, 0.3) is 6.08 Å². The molecule has 1 amide bonds. The van der Waals surface area contributed by atoms with Crippen molar-refractivity contribution < 1.29 is 14.3 Å². The van der Waals surface area contributed by atoms with Crippen molar-refractivity contribution >= 4 is 33.6 Å². The molecule has 1 N–H and O–H groups in total. The van der Waals surface area contributed by atoms with Gasteiger partial charge in [0.25, 0.3) is 0 Å². The molecule has 0 aromatic heterocycles. The van der Waals surface area contributed by atoms with Crippen LogP contribution in [0.4, 0.5) is 5.69 Å². The Morgan fingerprint density at radius 3 is 2.54 bits per heavy atom. The molecule has 0 unspecified atom stereocenters. The van der Waals surface area contributed by atoms with Crippen molar-refractivity contribution in [1.29, 1.82) is 0 Å². The lowest BCUT2D eigenvalue weighted by Crippen LogP contribution is -2.07. The summed E-state index contributed by atoms with van der Waals surface area (Å²) in [5.74, 6) is 1.77. The van der Waals surface area contributed by atoms with Crippen LogP contribution in [0.2, 0.25) is 0 Å². The van der Waals surface area contributed by atoms with E-state index in [2.05, 4.69) is 35.1 Å². The van der Waals surface area contributed by atoms with Gasteiger partial charge >= 0.3 is 0 Å². The molecule has 0 spiro atoms. The summed E-state index contributed by atoms with van der Waals surface area (Å²) in [6.45, 7) is 4.97. The van der Waals surface area contributed by atoms with E-state index in [0.717, 1.165) is 22.1 Å². The Morgan fingerprint density at radius 1 is 1.15 bits per heavy atom. The highest BCUT2D eigenvalue weighted by atomic mass is 79.9. The number of carbonyl (C=O) groups is 1. The van der Waals surface area contributed by atoms with Crippen LogP contribution in [0.15, 0.2) is 53.0 Å². The number of methoxy groups -OCH3 is 1. The Bertz CT molecular complexity index is 754. The predicted molar refractivity (Wildman–Crippen MR) is 110 cm³/mol. The summed E-state index contributed by atoms with van der Waals surface area (Å²) in [6.07, 6.45) is 4.23. The highest BCUT2D eigenvalue weighted by Crippen LogP contribution is 2.29. The van der Waals surface area contributed by atoms with Gasteiger partial charge in [0.1, 0.15) is 0 Å². The number of amides is 1. The molecule has 0 heterocycles. The number of anilines is 1. The molecule has 0 fully saturated rings. The first-order chi connectivity index (χ1) is 12.5. The number of nitrogens with one attached hydrogen (secondary N) is 1. The van der Waals surface area contributed by atoms with E-state index in [1.54, 1.807) is 13.2 Å². The van der Waals surface area contributed by atoms with Crippen LogP contribution in [0.5, 0.6) is 11.5 Å². The third kappa shape index (κ3) is 6.56. The van der Waals surface area contributed by atoms with E-state index >= 15 is 0 Å². The Balaban J connectivity index is 1.98. The Kier molecular flexibility index (Phi) is 7.73. The van der Waals surface area contributed by atoms with Gasteiger partial charge in [-0.2, -0.15) is 0 Å². The zero-order valence-electron chi connectivity index (χ0n) is 15.3. The minimum atomic E-state index is -0.191. The molecule has 0 aliphatic rings. The molecule has 26 heavy (non-hydrogen) atoms. The molecule has 4 nitrogen and oxygen atoms in total. The SMILES string of the molecule is COc1cc(C=CC(=O)Nc2ccc(Br)cc2)ccc1OCCC(C)C. The van der Waals surface area contributed by atoms with Crippen LogP contribution >= 0.6 is 15.9 Å². The second kappa shape index (κ2) is 10.0. The van der Waals surface area contributed by atoms with E-state index in [1.165, 1.54) is 6.08 Å². The first-order valence-corrected chi connectivity index (χ1v) is 9.32. The van der Waals surface area contributed by atoms with Crippen LogP contribution in [0, 0.1) is 5.92 Å². The normalized spacial score (nSPS) is 11.0. The highest BCUT2D eigenvalue weighted by molar-refractivity contribution is 9.10. The quantitative estimate of drug-likeness (QED) is 0.573. The van der Waals surface area contributed by atoms with Crippen molar-refractivity contribution in [3.8, 4) is 11.5 Å². The van der Waals surface area contributed by atoms with Gasteiger partial charge in [-0.15, -0.1) is 0 Å². The van der Waals surface area contributed by atoms with Crippen molar-refractivity contribution in [2.75, 3.05) is 19.0 Å². The number of hydrogen-bond acceptors (Lipinski definition) is 3. The van der Waals surface area contributed by atoms with Crippen molar-refractivity contribution in [3.05, 3.63) is 58.6 Å². The summed E-state index contributed by atoms with van der Waals surface area (Å²) in [4.78, 5) is 12.0. The van der Waals surface area contributed by atoms with E-state index < -0.39 is 0 Å². The van der Waals surface area contributed by atoms with Gasteiger partial charge in [0, 0.05) is 16.2 Å². The van der Waals surface area contributed by atoms with Crippen LogP contribution in [0.3, 0.4) is 0 Å². The lowest BCUT2D eigenvalue weighted by molar-refractivity contribution is -0.111. The van der Waals surface area contributed by atoms with Gasteiger partial charge in [0.05, 0.1) is 13.7 Å². The Hall–Kier alpha value is -2.27. The average Bonchev–Trinajstić information content (AvgIpc) is 2.62. The van der Waals surface area contributed by atoms with E-state index in [-0.39, 0.29) is 5.91 Å². The topological polar surface area (TPSA) is 47.6 Å². The fourth-order valence-electron chi connectivity index (χ4n) is 2.20. The van der Waals surface area contributed by atoms with Crippen LogP contribution in [-0.4, -0.2) is 19.6 Å². The number of benzene rings is 2. The van der Waals surface area contributed by atoms with Crippen molar-refractivity contribution in [2.45, 2.75) is 20.3 Å². The fourth-order valence-corrected chi connectivity index (χ4v) is 2.47. The van der Waals surface area contributed by atoms with Crippen LogP contribution in [0.1, 0.15) is 25.8 Å². The van der Waals surface area contributed by atoms with Gasteiger partial charge < -0.3 is 14.8 Å². The molecule has 0 radical (unpaired) electrons. The maximum absolute atomic E-state index is 12.0. The van der Waals surface area contributed by atoms with Gasteiger partial charge in [-0.25, -0.2) is 0 Å². The van der Waals surface area contributed by atoms with Gasteiger partial charge in [0.15, 0.2) is 11.5 Å². The van der Waals surface area contributed by atoms with E-state index in [4.69, 9.17) is 9.47 Å². The summed E-state index contributed by atoms with van der Waals surface area (Å²) in [5, 5.41) is 2.82. The Morgan fingerprint density at radius 2 is 1.88 bits per heavy atom. The van der Waals surface area contributed by atoms with Crippen molar-refractivity contribution in [1.82, 2.24) is 0 Å². The first kappa shape index (κ1) is 20.0. The lowest BCUT2D eigenvalue weighted by Gasteiger charge is -2.12. The zero-order valence-corrected chi connectivity index (χ0v) is 16.9. The lowest BCUT2D eigenvalue weighted by atomic mass is 10.1. The number of rotatable bonds is 8. The fraction of sp³-hybridized carbons (Fsp3) is 0.286. The second-order valence-corrected chi connectivity index (χ2v) is 7.19. The highest BCUT2D eigenvalue weighted by Gasteiger charge is 2.06.